The summed E-state index contributed by atoms with van der Waals surface area (Å²) < 4.78 is 0. The number of nitrogens with one attached hydrogen (secondary N) is 2. The number of aromatic nitrogens is 1. The third-order valence-corrected chi connectivity index (χ3v) is 3.02. The first kappa shape index (κ1) is 10.6. The molecule has 0 aliphatic carbocycles. The lowest BCUT2D eigenvalue weighted by Gasteiger charge is -2.17. The molecular formula is C12H19N3. The largest absolute Gasteiger partial charge is 0.313 e. The molecule has 2 rings (SSSR count). The first-order valence-electron chi connectivity index (χ1n) is 5.73. The summed E-state index contributed by atoms with van der Waals surface area (Å²) in [4.78, 5) is 4.13. The second-order valence-corrected chi connectivity index (χ2v) is 4.21. The summed E-state index contributed by atoms with van der Waals surface area (Å²) in [7, 11) is 0. The maximum absolute atomic E-state index is 4.13. The monoisotopic (exact) mass is 205 g/mol. The second-order valence-electron chi connectivity index (χ2n) is 4.21. The minimum absolute atomic E-state index is 0.390. The van der Waals surface area contributed by atoms with Crippen LogP contribution in [0.15, 0.2) is 24.5 Å². The Morgan fingerprint density at radius 1 is 1.67 bits per heavy atom. The van der Waals surface area contributed by atoms with Gasteiger partial charge in [-0.2, -0.15) is 0 Å². The van der Waals surface area contributed by atoms with Crippen molar-refractivity contribution in [3.8, 4) is 0 Å². The van der Waals surface area contributed by atoms with Gasteiger partial charge in [0.1, 0.15) is 0 Å². The highest BCUT2D eigenvalue weighted by Gasteiger charge is 2.14. The molecule has 1 aromatic heterocycles. The highest BCUT2D eigenvalue weighted by molar-refractivity contribution is 5.12. The average molecular weight is 205 g/mol. The summed E-state index contributed by atoms with van der Waals surface area (Å²) in [6.07, 6.45) is 6.36. The summed E-state index contributed by atoms with van der Waals surface area (Å²) in [5, 5.41) is 7.02. The van der Waals surface area contributed by atoms with Gasteiger partial charge in [-0.25, -0.2) is 0 Å². The van der Waals surface area contributed by atoms with Gasteiger partial charge in [-0.15, -0.1) is 0 Å². The molecule has 1 aliphatic rings. The molecular weight excluding hydrogens is 186 g/mol. The fourth-order valence-corrected chi connectivity index (χ4v) is 2.00. The molecule has 2 N–H and O–H groups in total. The van der Waals surface area contributed by atoms with Crippen LogP contribution in [0.4, 0.5) is 0 Å². The van der Waals surface area contributed by atoms with Crippen LogP contribution < -0.4 is 10.6 Å². The molecule has 2 heterocycles. The molecule has 2 unspecified atom stereocenters. The Morgan fingerprint density at radius 2 is 2.60 bits per heavy atom. The Hall–Kier alpha value is -0.930. The van der Waals surface area contributed by atoms with Crippen LogP contribution in [0.1, 0.15) is 31.4 Å². The van der Waals surface area contributed by atoms with E-state index in [4.69, 9.17) is 0 Å². The molecule has 0 aromatic carbocycles. The van der Waals surface area contributed by atoms with Crippen LogP contribution in [0.25, 0.3) is 0 Å². The highest BCUT2D eigenvalue weighted by Crippen LogP contribution is 2.11. The average Bonchev–Trinajstić information content (AvgIpc) is 2.80. The van der Waals surface area contributed by atoms with Crippen LogP contribution in [-0.4, -0.2) is 24.1 Å². The van der Waals surface area contributed by atoms with Crippen molar-refractivity contribution in [1.82, 2.24) is 15.6 Å². The number of nitrogens with zero attached hydrogens (tertiary/aromatic N) is 1. The number of hydrogen-bond donors (Lipinski definition) is 2. The first-order chi connectivity index (χ1) is 7.36. The smallest absolute Gasteiger partial charge is 0.0315 e. The van der Waals surface area contributed by atoms with Gasteiger partial charge < -0.3 is 10.6 Å². The molecule has 0 bridgehead atoms. The van der Waals surface area contributed by atoms with Crippen molar-refractivity contribution in [3.63, 3.8) is 0 Å². The Morgan fingerprint density at radius 3 is 3.27 bits per heavy atom. The molecule has 2 atom stereocenters. The van der Waals surface area contributed by atoms with Gasteiger partial charge >= 0.3 is 0 Å². The normalized spacial score (nSPS) is 22.9. The molecule has 1 saturated heterocycles. The zero-order valence-electron chi connectivity index (χ0n) is 9.24. The van der Waals surface area contributed by atoms with E-state index in [1.54, 1.807) is 0 Å². The zero-order chi connectivity index (χ0) is 10.5. The van der Waals surface area contributed by atoms with Gasteiger partial charge in [0.15, 0.2) is 0 Å². The lowest BCUT2D eigenvalue weighted by Crippen LogP contribution is -2.35. The molecule has 82 valence electrons. The van der Waals surface area contributed by atoms with Crippen LogP contribution in [-0.2, 0) is 0 Å². The van der Waals surface area contributed by atoms with Crippen molar-refractivity contribution in [2.24, 2.45) is 0 Å². The number of hydrogen-bond acceptors (Lipinski definition) is 3. The summed E-state index contributed by atoms with van der Waals surface area (Å²) in [6.45, 7) is 4.41. The van der Waals surface area contributed by atoms with Crippen molar-refractivity contribution >= 4 is 0 Å². The van der Waals surface area contributed by atoms with E-state index in [0.29, 0.717) is 12.1 Å². The highest BCUT2D eigenvalue weighted by atomic mass is 15.0. The SMILES string of the molecule is CC(NCC1CCCN1)c1cccnc1. The third-order valence-electron chi connectivity index (χ3n) is 3.02. The summed E-state index contributed by atoms with van der Waals surface area (Å²) in [5.74, 6) is 0. The quantitative estimate of drug-likeness (QED) is 0.782. The molecule has 0 radical (unpaired) electrons. The zero-order valence-corrected chi connectivity index (χ0v) is 9.24. The van der Waals surface area contributed by atoms with Crippen LogP contribution in [0.2, 0.25) is 0 Å². The minimum Gasteiger partial charge on any atom is -0.313 e. The van der Waals surface area contributed by atoms with Crippen molar-refractivity contribution in [2.75, 3.05) is 13.1 Å². The van der Waals surface area contributed by atoms with Gasteiger partial charge in [0.25, 0.3) is 0 Å². The maximum Gasteiger partial charge on any atom is 0.0315 e. The van der Waals surface area contributed by atoms with Crippen LogP contribution in [0.3, 0.4) is 0 Å². The van der Waals surface area contributed by atoms with Crippen molar-refractivity contribution in [3.05, 3.63) is 30.1 Å². The van der Waals surface area contributed by atoms with E-state index in [1.807, 2.05) is 18.5 Å². The Bertz CT molecular complexity index is 280. The van der Waals surface area contributed by atoms with Crippen molar-refractivity contribution in [1.29, 1.82) is 0 Å². The second kappa shape index (κ2) is 5.24. The molecule has 3 nitrogen and oxygen atoms in total. The van der Waals surface area contributed by atoms with Crippen molar-refractivity contribution < 1.29 is 0 Å². The van der Waals surface area contributed by atoms with Gasteiger partial charge in [-0.1, -0.05) is 6.07 Å². The Kier molecular flexibility index (Phi) is 3.69. The van der Waals surface area contributed by atoms with Crippen LogP contribution >= 0.6 is 0 Å². The van der Waals surface area contributed by atoms with Crippen LogP contribution in [0.5, 0.6) is 0 Å². The van der Waals surface area contributed by atoms with E-state index >= 15 is 0 Å². The van der Waals surface area contributed by atoms with Gasteiger partial charge in [0.05, 0.1) is 0 Å². The first-order valence-corrected chi connectivity index (χ1v) is 5.73. The Balaban J connectivity index is 1.79. The maximum atomic E-state index is 4.13. The predicted octanol–water partition coefficient (Wildman–Crippen LogP) is 1.48. The third kappa shape index (κ3) is 3.01. The van der Waals surface area contributed by atoms with E-state index in [1.165, 1.54) is 24.9 Å². The minimum atomic E-state index is 0.390. The molecule has 0 amide bonds. The molecule has 0 spiro atoms. The van der Waals surface area contributed by atoms with Crippen LogP contribution in [0, 0.1) is 0 Å². The summed E-state index contributed by atoms with van der Waals surface area (Å²) in [6, 6.07) is 5.15. The van der Waals surface area contributed by atoms with Gasteiger partial charge in [0.2, 0.25) is 0 Å². The molecule has 1 aromatic rings. The number of pyridine rings is 1. The van der Waals surface area contributed by atoms with E-state index in [2.05, 4.69) is 28.6 Å². The topological polar surface area (TPSA) is 37.0 Å². The lowest BCUT2D eigenvalue weighted by molar-refractivity contribution is 0.489. The van der Waals surface area contributed by atoms with Crippen molar-refractivity contribution in [2.45, 2.75) is 31.8 Å². The molecule has 15 heavy (non-hydrogen) atoms. The Labute approximate surface area is 91.3 Å². The fraction of sp³-hybridized carbons (Fsp3) is 0.583. The molecule has 0 saturated carbocycles. The summed E-state index contributed by atoms with van der Waals surface area (Å²) >= 11 is 0. The molecule has 1 aliphatic heterocycles. The molecule has 1 fully saturated rings. The van der Waals surface area contributed by atoms with E-state index in [9.17, 15) is 0 Å². The predicted molar refractivity (Wildman–Crippen MR) is 61.7 cm³/mol. The summed E-state index contributed by atoms with van der Waals surface area (Å²) in [5.41, 5.74) is 1.26. The van der Waals surface area contributed by atoms with E-state index in [0.717, 1.165) is 6.54 Å². The molecule has 3 heteroatoms. The fourth-order valence-electron chi connectivity index (χ4n) is 2.00. The number of rotatable bonds is 4. The van der Waals surface area contributed by atoms with Gasteiger partial charge in [-0.3, -0.25) is 4.98 Å². The standard InChI is InChI=1S/C12H19N3/c1-10(11-4-2-6-13-8-11)15-9-12-5-3-7-14-12/h2,4,6,8,10,12,14-15H,3,5,7,9H2,1H3. The van der Waals surface area contributed by atoms with Gasteiger partial charge in [0, 0.05) is 31.0 Å². The lowest BCUT2D eigenvalue weighted by atomic mass is 10.1. The van der Waals surface area contributed by atoms with E-state index < -0.39 is 0 Å². The van der Waals surface area contributed by atoms with E-state index in [-0.39, 0.29) is 0 Å². The van der Waals surface area contributed by atoms with Gasteiger partial charge in [-0.05, 0) is 37.9 Å².